The molecule has 2 rings (SSSR count). The van der Waals surface area contributed by atoms with Gasteiger partial charge in [-0.15, -0.1) is 0 Å². The van der Waals surface area contributed by atoms with Crippen molar-refractivity contribution in [1.29, 1.82) is 0 Å². The van der Waals surface area contributed by atoms with Gasteiger partial charge in [0, 0.05) is 17.1 Å². The zero-order chi connectivity index (χ0) is 11.8. The van der Waals surface area contributed by atoms with E-state index in [0.29, 0.717) is 16.5 Å². The van der Waals surface area contributed by atoms with Gasteiger partial charge in [-0.05, 0) is 6.07 Å². The second-order valence-corrected chi connectivity index (χ2v) is 3.37. The van der Waals surface area contributed by atoms with Crippen LogP contribution in [-0.2, 0) is 12.8 Å². The fourth-order valence-electron chi connectivity index (χ4n) is 1.51. The van der Waals surface area contributed by atoms with Crippen LogP contribution in [-0.4, -0.2) is 10.1 Å². The van der Waals surface area contributed by atoms with E-state index >= 15 is 0 Å². The molecule has 16 heavy (non-hydrogen) atoms. The van der Waals surface area contributed by atoms with Crippen molar-refractivity contribution in [2.75, 3.05) is 0 Å². The van der Waals surface area contributed by atoms with Crippen LogP contribution in [0.5, 0.6) is 0 Å². The maximum atomic E-state index is 12.4. The van der Waals surface area contributed by atoms with Gasteiger partial charge in [0.05, 0.1) is 17.7 Å². The molecule has 0 amide bonds. The molecule has 0 aliphatic rings. The summed E-state index contributed by atoms with van der Waals surface area (Å²) in [5.41, 5.74) is 0.138. The third-order valence-electron chi connectivity index (χ3n) is 2.29. The Balaban J connectivity index is 2.64. The number of aliphatic hydroxyl groups excluding tert-OH is 1. The molecule has 0 radical (unpaired) electrons. The molecule has 0 saturated heterocycles. The molecule has 1 N–H and O–H groups in total. The summed E-state index contributed by atoms with van der Waals surface area (Å²) in [6.45, 7) is -0.240. The number of hydrogen-bond acceptors (Lipinski definition) is 2. The lowest BCUT2D eigenvalue weighted by atomic mass is 10.1. The summed E-state index contributed by atoms with van der Waals surface area (Å²) >= 11 is 0. The normalized spacial score (nSPS) is 12.0. The standard InChI is InChI=1S/C11H8F3NO/c12-11(13,14)9-4-7-2-1-3-8(6-16)10(7)15-5-9/h1-5,16H,6H2. The number of pyridine rings is 1. The number of fused-ring (bicyclic) bond motifs is 1. The summed E-state index contributed by atoms with van der Waals surface area (Å²) < 4.78 is 37.2. The summed E-state index contributed by atoms with van der Waals surface area (Å²) in [5.74, 6) is 0. The number of hydrogen-bond donors (Lipinski definition) is 1. The van der Waals surface area contributed by atoms with E-state index in [2.05, 4.69) is 4.98 Å². The molecule has 1 aromatic heterocycles. The lowest BCUT2D eigenvalue weighted by Crippen LogP contribution is -2.05. The van der Waals surface area contributed by atoms with Crippen LogP contribution in [0.15, 0.2) is 30.5 Å². The van der Waals surface area contributed by atoms with Crippen molar-refractivity contribution < 1.29 is 18.3 Å². The van der Waals surface area contributed by atoms with E-state index < -0.39 is 11.7 Å². The number of benzene rings is 1. The molecule has 0 unspecified atom stereocenters. The zero-order valence-corrected chi connectivity index (χ0v) is 8.12. The Labute approximate surface area is 89.4 Å². The van der Waals surface area contributed by atoms with Gasteiger partial charge in [-0.25, -0.2) is 0 Å². The number of aliphatic hydroxyl groups is 1. The lowest BCUT2D eigenvalue weighted by Gasteiger charge is -2.08. The molecule has 0 spiro atoms. The van der Waals surface area contributed by atoms with Crippen LogP contribution in [0.4, 0.5) is 13.2 Å². The van der Waals surface area contributed by atoms with Crippen molar-refractivity contribution in [1.82, 2.24) is 4.98 Å². The van der Waals surface area contributed by atoms with E-state index in [1.54, 1.807) is 12.1 Å². The van der Waals surface area contributed by atoms with Gasteiger partial charge < -0.3 is 5.11 Å². The Morgan fingerprint density at radius 3 is 2.62 bits per heavy atom. The van der Waals surface area contributed by atoms with Crippen LogP contribution in [0, 0.1) is 0 Å². The molecule has 1 aromatic carbocycles. The summed E-state index contributed by atoms with van der Waals surface area (Å²) in [7, 11) is 0. The summed E-state index contributed by atoms with van der Waals surface area (Å²) in [5, 5.41) is 9.38. The SMILES string of the molecule is OCc1cccc2cc(C(F)(F)F)cnc12. The van der Waals surface area contributed by atoms with Crippen molar-refractivity contribution >= 4 is 10.9 Å². The number of para-hydroxylation sites is 1. The first-order valence-electron chi connectivity index (χ1n) is 4.58. The molecule has 0 aliphatic heterocycles. The first-order valence-corrected chi connectivity index (χ1v) is 4.58. The van der Waals surface area contributed by atoms with Crippen LogP contribution in [0.2, 0.25) is 0 Å². The zero-order valence-electron chi connectivity index (χ0n) is 8.12. The van der Waals surface area contributed by atoms with Gasteiger partial charge in [0.15, 0.2) is 0 Å². The minimum Gasteiger partial charge on any atom is -0.392 e. The largest absolute Gasteiger partial charge is 0.417 e. The number of halogens is 3. The van der Waals surface area contributed by atoms with E-state index in [0.717, 1.165) is 12.3 Å². The van der Waals surface area contributed by atoms with Crippen molar-refractivity contribution in [2.24, 2.45) is 0 Å². The highest BCUT2D eigenvalue weighted by Crippen LogP contribution is 2.30. The number of rotatable bonds is 1. The van der Waals surface area contributed by atoms with Gasteiger partial charge in [0.1, 0.15) is 0 Å². The van der Waals surface area contributed by atoms with Crippen LogP contribution < -0.4 is 0 Å². The Kier molecular flexibility index (Phi) is 2.55. The fourth-order valence-corrected chi connectivity index (χ4v) is 1.51. The van der Waals surface area contributed by atoms with E-state index in [4.69, 9.17) is 5.11 Å². The quantitative estimate of drug-likeness (QED) is 0.812. The van der Waals surface area contributed by atoms with Crippen LogP contribution in [0.3, 0.4) is 0 Å². The molecule has 5 heteroatoms. The third kappa shape index (κ3) is 1.86. The second-order valence-electron chi connectivity index (χ2n) is 3.37. The lowest BCUT2D eigenvalue weighted by molar-refractivity contribution is -0.137. The highest BCUT2D eigenvalue weighted by atomic mass is 19.4. The van der Waals surface area contributed by atoms with E-state index in [9.17, 15) is 13.2 Å². The minimum atomic E-state index is -4.39. The maximum Gasteiger partial charge on any atom is 0.417 e. The maximum absolute atomic E-state index is 12.4. The van der Waals surface area contributed by atoms with E-state index in [-0.39, 0.29) is 6.61 Å². The highest BCUT2D eigenvalue weighted by molar-refractivity contribution is 5.82. The Morgan fingerprint density at radius 1 is 1.25 bits per heavy atom. The molecule has 2 aromatic rings. The van der Waals surface area contributed by atoms with Crippen LogP contribution in [0.1, 0.15) is 11.1 Å². The molecule has 2 nitrogen and oxygen atoms in total. The summed E-state index contributed by atoms with van der Waals surface area (Å²) in [6.07, 6.45) is -3.61. The van der Waals surface area contributed by atoms with Crippen LogP contribution in [0.25, 0.3) is 10.9 Å². The summed E-state index contributed by atoms with van der Waals surface area (Å²) in [4.78, 5) is 3.74. The van der Waals surface area contributed by atoms with Crippen molar-refractivity contribution in [3.63, 3.8) is 0 Å². The Morgan fingerprint density at radius 2 is 2.00 bits per heavy atom. The van der Waals surface area contributed by atoms with Gasteiger partial charge in [0.2, 0.25) is 0 Å². The van der Waals surface area contributed by atoms with Gasteiger partial charge in [-0.1, -0.05) is 18.2 Å². The molecular formula is C11H8F3NO. The molecule has 0 saturated carbocycles. The first kappa shape index (κ1) is 10.9. The monoisotopic (exact) mass is 227 g/mol. The van der Waals surface area contributed by atoms with Gasteiger partial charge >= 0.3 is 6.18 Å². The average Bonchev–Trinajstić information content (AvgIpc) is 2.26. The smallest absolute Gasteiger partial charge is 0.392 e. The summed E-state index contributed by atoms with van der Waals surface area (Å²) in [6, 6.07) is 5.79. The molecule has 0 aliphatic carbocycles. The number of aromatic nitrogens is 1. The van der Waals surface area contributed by atoms with E-state index in [1.165, 1.54) is 6.07 Å². The highest BCUT2D eigenvalue weighted by Gasteiger charge is 2.31. The third-order valence-corrected chi connectivity index (χ3v) is 2.29. The predicted molar refractivity (Wildman–Crippen MR) is 52.7 cm³/mol. The second kappa shape index (κ2) is 3.75. The molecule has 1 heterocycles. The topological polar surface area (TPSA) is 33.1 Å². The molecule has 0 fully saturated rings. The first-order chi connectivity index (χ1) is 7.52. The van der Waals surface area contributed by atoms with Gasteiger partial charge in [-0.3, -0.25) is 4.98 Å². The molecule has 84 valence electrons. The van der Waals surface area contributed by atoms with Crippen molar-refractivity contribution in [2.45, 2.75) is 12.8 Å². The van der Waals surface area contributed by atoms with E-state index in [1.807, 2.05) is 0 Å². The van der Waals surface area contributed by atoms with Gasteiger partial charge in [0.25, 0.3) is 0 Å². The Bertz CT molecular complexity index is 522. The minimum absolute atomic E-state index is 0.240. The predicted octanol–water partition coefficient (Wildman–Crippen LogP) is 2.75. The molecular weight excluding hydrogens is 219 g/mol. The molecule has 0 bridgehead atoms. The van der Waals surface area contributed by atoms with Crippen molar-refractivity contribution in [3.05, 3.63) is 41.6 Å². The number of nitrogens with zero attached hydrogens (tertiary/aromatic N) is 1. The molecule has 0 atom stereocenters. The Hall–Kier alpha value is -1.62. The average molecular weight is 227 g/mol. The van der Waals surface area contributed by atoms with Gasteiger partial charge in [-0.2, -0.15) is 13.2 Å². The number of alkyl halides is 3. The van der Waals surface area contributed by atoms with Crippen molar-refractivity contribution in [3.8, 4) is 0 Å². The fraction of sp³-hybridized carbons (Fsp3) is 0.182. The van der Waals surface area contributed by atoms with Crippen LogP contribution >= 0.6 is 0 Å².